The predicted octanol–water partition coefficient (Wildman–Crippen LogP) is 5.20. The Morgan fingerprint density at radius 3 is 2.66 bits per heavy atom. The monoisotopic (exact) mass is 574 g/mol. The molecule has 220 valence electrons. The van der Waals surface area contributed by atoms with Crippen LogP contribution in [0.5, 0.6) is 5.75 Å². The Hall–Kier alpha value is -3.67. The van der Waals surface area contributed by atoms with Gasteiger partial charge in [-0.25, -0.2) is 9.37 Å². The first-order chi connectivity index (χ1) is 19.5. The van der Waals surface area contributed by atoms with Gasteiger partial charge in [-0.3, -0.25) is 9.78 Å². The minimum atomic E-state index is -4.25. The maximum atomic E-state index is 14.2. The first-order valence-corrected chi connectivity index (χ1v) is 13.8. The molecule has 5 rings (SSSR count). The first-order valence-electron chi connectivity index (χ1n) is 13.8. The van der Waals surface area contributed by atoms with E-state index in [1.807, 2.05) is 29.8 Å². The average Bonchev–Trinajstić information content (AvgIpc) is 3.56. The van der Waals surface area contributed by atoms with E-state index in [0.717, 1.165) is 35.7 Å². The Bertz CT molecular complexity index is 1420. The van der Waals surface area contributed by atoms with Gasteiger partial charge in [0.05, 0.1) is 37.5 Å². The third-order valence-corrected chi connectivity index (χ3v) is 7.86. The molecule has 2 N–H and O–H groups in total. The number of alkyl halides is 3. The number of anilines is 1. The fourth-order valence-electron chi connectivity index (χ4n) is 5.70. The molecule has 3 aromatic rings. The molecule has 0 saturated heterocycles. The number of carbonyl (C=O) groups excluding carboxylic acids is 1. The van der Waals surface area contributed by atoms with Gasteiger partial charge in [0.25, 0.3) is 5.91 Å². The molecule has 3 heterocycles. The summed E-state index contributed by atoms with van der Waals surface area (Å²) >= 11 is 0. The van der Waals surface area contributed by atoms with E-state index in [0.29, 0.717) is 36.9 Å². The topological polar surface area (TPSA) is 84.3 Å². The minimum Gasteiger partial charge on any atom is -0.491 e. The van der Waals surface area contributed by atoms with E-state index < -0.39 is 24.5 Å². The highest BCUT2D eigenvalue weighted by Gasteiger charge is 2.53. The summed E-state index contributed by atoms with van der Waals surface area (Å²) in [5, 5.41) is 5.98. The van der Waals surface area contributed by atoms with Crippen LogP contribution in [0.25, 0.3) is 0 Å². The molecule has 2 aliphatic rings. The third kappa shape index (κ3) is 6.02. The zero-order valence-corrected chi connectivity index (χ0v) is 23.3. The fourth-order valence-corrected chi connectivity index (χ4v) is 5.70. The van der Waals surface area contributed by atoms with Crippen LogP contribution >= 0.6 is 0 Å². The number of imidazole rings is 1. The second-order valence-electron chi connectivity index (χ2n) is 10.7. The Morgan fingerprint density at radius 2 is 1.98 bits per heavy atom. The molecular weight excluding hydrogens is 540 g/mol. The van der Waals surface area contributed by atoms with Crippen LogP contribution in [-0.4, -0.2) is 58.3 Å². The highest BCUT2D eigenvalue weighted by Crippen LogP contribution is 2.55. The van der Waals surface area contributed by atoms with Crippen LogP contribution in [0.1, 0.15) is 71.9 Å². The largest absolute Gasteiger partial charge is 0.491 e. The molecule has 0 radical (unpaired) electrons. The summed E-state index contributed by atoms with van der Waals surface area (Å²) in [6, 6.07) is 4.96. The lowest BCUT2D eigenvalue weighted by molar-refractivity contribution is -0.133. The summed E-state index contributed by atoms with van der Waals surface area (Å²) < 4.78 is 59.9. The summed E-state index contributed by atoms with van der Waals surface area (Å²) in [5.74, 6) is -0.0117. The standard InChI is InChI=1S/C29H34F4N6O2/c1-4-41-24-13-23(37-15-22(24)30)18(2)39-17-28(5-6-28)25-20(14-35-8-7-29(31,32)33)11-19(12-21(25)26(39)40)16-38-10-9-36-27(38)34-3/h9-13,15,18,35H,4-8,14,16-17H2,1-3H3,(H,34,36)/t18-/m0/s1. The Balaban J connectivity index is 1.51. The van der Waals surface area contributed by atoms with Crippen molar-refractivity contribution in [2.24, 2.45) is 0 Å². The van der Waals surface area contributed by atoms with Crippen molar-refractivity contribution in [1.29, 1.82) is 0 Å². The molecule has 1 aliphatic carbocycles. The van der Waals surface area contributed by atoms with Gasteiger partial charge in [0.15, 0.2) is 11.6 Å². The maximum absolute atomic E-state index is 14.2. The molecule has 1 fully saturated rings. The smallest absolute Gasteiger partial charge is 0.390 e. The molecule has 2 aromatic heterocycles. The normalized spacial score (nSPS) is 16.6. The zero-order valence-electron chi connectivity index (χ0n) is 23.3. The van der Waals surface area contributed by atoms with Crippen molar-refractivity contribution in [1.82, 2.24) is 24.8 Å². The number of nitrogens with one attached hydrogen (secondary N) is 2. The number of ether oxygens (including phenoxy) is 1. The van der Waals surface area contributed by atoms with Crippen molar-refractivity contribution in [2.75, 3.05) is 32.1 Å². The molecular formula is C29H34F4N6O2. The van der Waals surface area contributed by atoms with E-state index in [2.05, 4.69) is 20.6 Å². The van der Waals surface area contributed by atoms with Crippen LogP contribution < -0.4 is 15.4 Å². The van der Waals surface area contributed by atoms with Crippen molar-refractivity contribution in [3.63, 3.8) is 0 Å². The van der Waals surface area contributed by atoms with Crippen LogP contribution in [0.4, 0.5) is 23.5 Å². The molecule has 1 aliphatic heterocycles. The average molecular weight is 575 g/mol. The molecule has 0 unspecified atom stereocenters. The van der Waals surface area contributed by atoms with Crippen LogP contribution in [0.15, 0.2) is 36.8 Å². The number of halogens is 4. The molecule has 1 amide bonds. The van der Waals surface area contributed by atoms with Crippen molar-refractivity contribution in [3.05, 3.63) is 70.6 Å². The van der Waals surface area contributed by atoms with Crippen molar-refractivity contribution < 1.29 is 27.1 Å². The molecule has 41 heavy (non-hydrogen) atoms. The SMILES string of the molecule is CCOc1cc([C@H](C)N2CC3(CC3)c3c(CNCCC(F)(F)F)cc(Cn4ccnc4NC)cc3C2=O)ncc1F. The lowest BCUT2D eigenvalue weighted by atomic mass is 9.81. The molecule has 1 atom stereocenters. The summed E-state index contributed by atoms with van der Waals surface area (Å²) in [6.07, 6.45) is 1.14. The molecule has 12 heteroatoms. The van der Waals surface area contributed by atoms with Crippen LogP contribution in [0.3, 0.4) is 0 Å². The Kier molecular flexibility index (Phi) is 7.95. The van der Waals surface area contributed by atoms with Gasteiger partial charge in [0.2, 0.25) is 5.95 Å². The second-order valence-corrected chi connectivity index (χ2v) is 10.7. The predicted molar refractivity (Wildman–Crippen MR) is 145 cm³/mol. The molecule has 1 saturated carbocycles. The number of hydrogen-bond acceptors (Lipinski definition) is 6. The molecule has 0 bridgehead atoms. The quantitative estimate of drug-likeness (QED) is 0.242. The Morgan fingerprint density at radius 1 is 1.20 bits per heavy atom. The number of rotatable bonds is 11. The van der Waals surface area contributed by atoms with E-state index >= 15 is 0 Å². The van der Waals surface area contributed by atoms with Gasteiger partial charge in [-0.15, -0.1) is 0 Å². The number of amides is 1. The zero-order chi connectivity index (χ0) is 29.4. The third-order valence-electron chi connectivity index (χ3n) is 7.86. The van der Waals surface area contributed by atoms with Gasteiger partial charge in [-0.05, 0) is 49.4 Å². The van der Waals surface area contributed by atoms with Gasteiger partial charge in [-0.2, -0.15) is 13.2 Å². The summed E-state index contributed by atoms with van der Waals surface area (Å²) in [5.41, 5.74) is 3.36. The van der Waals surface area contributed by atoms with Crippen molar-refractivity contribution >= 4 is 11.9 Å². The van der Waals surface area contributed by atoms with Crippen LogP contribution in [0.2, 0.25) is 0 Å². The first kappa shape index (κ1) is 28.8. The van der Waals surface area contributed by atoms with Crippen molar-refractivity contribution in [2.45, 2.75) is 63.8 Å². The van der Waals surface area contributed by atoms with E-state index in [-0.39, 0.29) is 30.2 Å². The van der Waals surface area contributed by atoms with Crippen LogP contribution in [0, 0.1) is 5.82 Å². The number of fused-ring (bicyclic) bond motifs is 2. The van der Waals surface area contributed by atoms with E-state index in [9.17, 15) is 22.4 Å². The van der Waals surface area contributed by atoms with E-state index in [1.54, 1.807) is 25.1 Å². The van der Waals surface area contributed by atoms with Gasteiger partial charge >= 0.3 is 6.18 Å². The molecule has 1 aromatic carbocycles. The number of carbonyl (C=O) groups is 1. The number of benzene rings is 1. The summed E-state index contributed by atoms with van der Waals surface area (Å²) in [7, 11) is 1.77. The Labute approximate surface area is 236 Å². The van der Waals surface area contributed by atoms with Gasteiger partial charge < -0.3 is 24.8 Å². The molecule has 8 nitrogen and oxygen atoms in total. The number of hydrogen-bond donors (Lipinski definition) is 2. The van der Waals surface area contributed by atoms with E-state index in [4.69, 9.17) is 4.74 Å². The lowest BCUT2D eigenvalue weighted by Gasteiger charge is -2.39. The maximum Gasteiger partial charge on any atom is 0.390 e. The lowest BCUT2D eigenvalue weighted by Crippen LogP contribution is -2.45. The van der Waals surface area contributed by atoms with Crippen LogP contribution in [-0.2, 0) is 18.5 Å². The number of pyridine rings is 1. The highest BCUT2D eigenvalue weighted by atomic mass is 19.4. The van der Waals surface area contributed by atoms with Gasteiger partial charge in [0, 0.05) is 56.1 Å². The second kappa shape index (κ2) is 11.3. The number of aromatic nitrogens is 3. The summed E-state index contributed by atoms with van der Waals surface area (Å²) in [6.45, 7) is 4.80. The molecule has 1 spiro atoms. The summed E-state index contributed by atoms with van der Waals surface area (Å²) in [4.78, 5) is 24.4. The van der Waals surface area contributed by atoms with Gasteiger partial charge in [0.1, 0.15) is 0 Å². The number of nitrogens with zero attached hydrogens (tertiary/aromatic N) is 4. The van der Waals surface area contributed by atoms with E-state index in [1.165, 1.54) is 6.07 Å². The van der Waals surface area contributed by atoms with Crippen molar-refractivity contribution in [3.8, 4) is 5.75 Å². The minimum absolute atomic E-state index is 0.0884. The highest BCUT2D eigenvalue weighted by molar-refractivity contribution is 5.98. The fraction of sp³-hybridized carbons (Fsp3) is 0.483. The van der Waals surface area contributed by atoms with Gasteiger partial charge in [-0.1, -0.05) is 6.07 Å².